The third kappa shape index (κ3) is 3.49. The maximum absolute atomic E-state index is 5.83. The number of aryl methyl sites for hydroxylation is 2. The number of anilines is 3. The highest BCUT2D eigenvalue weighted by molar-refractivity contribution is 7.80. The fraction of sp³-hybridized carbons (Fsp3) is 0.250. The Labute approximate surface area is 131 Å². The molecule has 0 bridgehead atoms. The Kier molecular flexibility index (Phi) is 4.43. The zero-order valence-electron chi connectivity index (χ0n) is 12.8. The van der Waals surface area contributed by atoms with Gasteiger partial charge in [0.25, 0.3) is 0 Å². The molecule has 2 rings (SSSR count). The molecule has 3 N–H and O–H groups in total. The fourth-order valence-electron chi connectivity index (χ4n) is 2.22. The van der Waals surface area contributed by atoms with E-state index in [0.29, 0.717) is 10.8 Å². The summed E-state index contributed by atoms with van der Waals surface area (Å²) in [5.41, 5.74) is 10.7. The van der Waals surface area contributed by atoms with Crippen LogP contribution in [-0.2, 0) is 0 Å². The lowest BCUT2D eigenvalue weighted by atomic mass is 10.1. The highest BCUT2D eigenvalue weighted by Crippen LogP contribution is 2.24. The molecule has 0 aliphatic carbocycles. The second-order valence-electron chi connectivity index (χ2n) is 5.23. The summed E-state index contributed by atoms with van der Waals surface area (Å²) in [5, 5.41) is 3.30. The molecular formula is C16H20N4S. The van der Waals surface area contributed by atoms with Gasteiger partial charge in [0.05, 0.1) is 5.56 Å². The zero-order valence-corrected chi connectivity index (χ0v) is 13.6. The third-order valence-electron chi connectivity index (χ3n) is 3.24. The van der Waals surface area contributed by atoms with Gasteiger partial charge in [-0.3, -0.25) is 0 Å². The minimum absolute atomic E-state index is 0.354. The predicted molar refractivity (Wildman–Crippen MR) is 93.7 cm³/mol. The van der Waals surface area contributed by atoms with Crippen LogP contribution in [0.3, 0.4) is 0 Å². The van der Waals surface area contributed by atoms with Crippen molar-refractivity contribution in [2.45, 2.75) is 13.8 Å². The van der Waals surface area contributed by atoms with E-state index in [0.717, 1.165) is 28.2 Å². The van der Waals surface area contributed by atoms with E-state index in [2.05, 4.69) is 15.2 Å². The molecule has 0 aliphatic rings. The minimum atomic E-state index is 0.354. The topological polar surface area (TPSA) is 54.2 Å². The summed E-state index contributed by atoms with van der Waals surface area (Å²) in [4.78, 5) is 6.93. The van der Waals surface area contributed by atoms with Crippen LogP contribution in [0.15, 0.2) is 30.3 Å². The first-order valence-corrected chi connectivity index (χ1v) is 7.12. The Morgan fingerprint density at radius 3 is 2.33 bits per heavy atom. The van der Waals surface area contributed by atoms with Gasteiger partial charge in [-0.25, -0.2) is 4.98 Å². The average Bonchev–Trinajstić information content (AvgIpc) is 2.37. The molecule has 110 valence electrons. The predicted octanol–water partition coefficient (Wildman–Crippen LogP) is 3.14. The molecule has 1 heterocycles. The van der Waals surface area contributed by atoms with E-state index in [-0.39, 0.29) is 0 Å². The van der Waals surface area contributed by atoms with Crippen molar-refractivity contribution in [1.29, 1.82) is 0 Å². The normalized spacial score (nSPS) is 10.3. The van der Waals surface area contributed by atoms with Crippen LogP contribution in [0.5, 0.6) is 0 Å². The van der Waals surface area contributed by atoms with Gasteiger partial charge in [0, 0.05) is 31.2 Å². The number of aromatic nitrogens is 1. The minimum Gasteiger partial charge on any atom is -0.389 e. The summed E-state index contributed by atoms with van der Waals surface area (Å²) in [6, 6.07) is 10.1. The van der Waals surface area contributed by atoms with Crippen LogP contribution in [0.4, 0.5) is 17.2 Å². The summed E-state index contributed by atoms with van der Waals surface area (Å²) < 4.78 is 0. The number of benzene rings is 1. The highest BCUT2D eigenvalue weighted by atomic mass is 32.1. The Morgan fingerprint density at radius 1 is 1.19 bits per heavy atom. The molecule has 0 aliphatic heterocycles. The lowest BCUT2D eigenvalue weighted by Crippen LogP contribution is -2.15. The molecule has 2 aromatic rings. The fourth-order valence-corrected chi connectivity index (χ4v) is 2.48. The molecule has 4 nitrogen and oxygen atoms in total. The van der Waals surface area contributed by atoms with E-state index < -0.39 is 0 Å². The number of nitrogens with zero attached hydrogens (tertiary/aromatic N) is 2. The van der Waals surface area contributed by atoms with Gasteiger partial charge in [-0.2, -0.15) is 0 Å². The standard InChI is InChI=1S/C16H20N4S/c1-10-9-11(2)18-16(14(10)15(17)21)19-12-5-7-13(8-6-12)20(3)4/h5-9H,1-4H3,(H2,17,21)(H,18,19). The quantitative estimate of drug-likeness (QED) is 0.850. The molecular weight excluding hydrogens is 280 g/mol. The van der Waals surface area contributed by atoms with Crippen molar-refractivity contribution < 1.29 is 0 Å². The second kappa shape index (κ2) is 6.10. The summed E-state index contributed by atoms with van der Waals surface area (Å²) in [6.45, 7) is 3.94. The summed E-state index contributed by atoms with van der Waals surface area (Å²) in [7, 11) is 4.03. The van der Waals surface area contributed by atoms with E-state index in [1.54, 1.807) is 0 Å². The van der Waals surface area contributed by atoms with Crippen LogP contribution in [-0.4, -0.2) is 24.1 Å². The van der Waals surface area contributed by atoms with E-state index >= 15 is 0 Å². The number of rotatable bonds is 4. The van der Waals surface area contributed by atoms with Crippen LogP contribution in [0.1, 0.15) is 16.8 Å². The van der Waals surface area contributed by atoms with Crippen molar-refractivity contribution in [2.24, 2.45) is 5.73 Å². The van der Waals surface area contributed by atoms with Gasteiger partial charge in [-0.05, 0) is 49.7 Å². The molecule has 0 unspecified atom stereocenters. The first kappa shape index (κ1) is 15.3. The SMILES string of the molecule is Cc1cc(C)c(C(N)=S)c(Nc2ccc(N(C)C)cc2)n1. The molecule has 21 heavy (non-hydrogen) atoms. The molecule has 0 radical (unpaired) electrons. The Balaban J connectivity index is 2.37. The van der Waals surface area contributed by atoms with Gasteiger partial charge in [0.1, 0.15) is 10.8 Å². The monoisotopic (exact) mass is 300 g/mol. The third-order valence-corrected chi connectivity index (χ3v) is 3.44. The summed E-state index contributed by atoms with van der Waals surface area (Å²) in [6.07, 6.45) is 0. The Hall–Kier alpha value is -2.14. The van der Waals surface area contributed by atoms with Crippen molar-refractivity contribution in [3.05, 3.63) is 47.2 Å². The number of hydrogen-bond donors (Lipinski definition) is 2. The number of pyridine rings is 1. The van der Waals surface area contributed by atoms with E-state index in [1.165, 1.54) is 0 Å². The van der Waals surface area contributed by atoms with Crippen LogP contribution in [0.2, 0.25) is 0 Å². The smallest absolute Gasteiger partial charge is 0.141 e. The van der Waals surface area contributed by atoms with Crippen molar-refractivity contribution in [3.63, 3.8) is 0 Å². The van der Waals surface area contributed by atoms with Crippen molar-refractivity contribution in [1.82, 2.24) is 4.98 Å². The summed E-state index contributed by atoms with van der Waals surface area (Å²) >= 11 is 5.14. The molecule has 0 fully saturated rings. The van der Waals surface area contributed by atoms with Gasteiger partial charge < -0.3 is 16.0 Å². The Bertz CT molecular complexity index is 663. The molecule has 1 aromatic heterocycles. The first-order valence-electron chi connectivity index (χ1n) is 6.71. The summed E-state index contributed by atoms with van der Waals surface area (Å²) in [5.74, 6) is 0.706. The first-order chi connectivity index (χ1) is 9.88. The molecule has 5 heteroatoms. The van der Waals surface area contributed by atoms with Crippen LogP contribution in [0, 0.1) is 13.8 Å². The Morgan fingerprint density at radius 2 is 1.81 bits per heavy atom. The van der Waals surface area contributed by atoms with Gasteiger partial charge in [0.15, 0.2) is 0 Å². The molecule has 0 atom stereocenters. The lowest BCUT2D eigenvalue weighted by molar-refractivity contribution is 1.13. The van der Waals surface area contributed by atoms with Crippen molar-refractivity contribution in [2.75, 3.05) is 24.3 Å². The van der Waals surface area contributed by atoms with E-state index in [1.807, 2.05) is 58.3 Å². The van der Waals surface area contributed by atoms with Crippen LogP contribution >= 0.6 is 12.2 Å². The second-order valence-corrected chi connectivity index (χ2v) is 5.67. The molecule has 1 aromatic carbocycles. The molecule has 0 saturated heterocycles. The average molecular weight is 300 g/mol. The maximum atomic E-state index is 5.83. The molecule has 0 amide bonds. The van der Waals surface area contributed by atoms with Gasteiger partial charge >= 0.3 is 0 Å². The van der Waals surface area contributed by atoms with Gasteiger partial charge in [-0.15, -0.1) is 0 Å². The van der Waals surface area contributed by atoms with E-state index in [9.17, 15) is 0 Å². The largest absolute Gasteiger partial charge is 0.389 e. The molecule has 0 spiro atoms. The van der Waals surface area contributed by atoms with Crippen molar-refractivity contribution >= 4 is 34.4 Å². The maximum Gasteiger partial charge on any atom is 0.141 e. The lowest BCUT2D eigenvalue weighted by Gasteiger charge is -2.15. The number of nitrogens with one attached hydrogen (secondary N) is 1. The van der Waals surface area contributed by atoms with Crippen LogP contribution < -0.4 is 16.0 Å². The molecule has 0 saturated carbocycles. The zero-order chi connectivity index (χ0) is 15.6. The number of hydrogen-bond acceptors (Lipinski definition) is 4. The number of thiocarbonyl (C=S) groups is 1. The van der Waals surface area contributed by atoms with Crippen molar-refractivity contribution in [3.8, 4) is 0 Å². The highest BCUT2D eigenvalue weighted by Gasteiger charge is 2.11. The van der Waals surface area contributed by atoms with Crippen LogP contribution in [0.25, 0.3) is 0 Å². The van der Waals surface area contributed by atoms with Gasteiger partial charge in [0.2, 0.25) is 0 Å². The van der Waals surface area contributed by atoms with Gasteiger partial charge in [-0.1, -0.05) is 12.2 Å². The van der Waals surface area contributed by atoms with E-state index in [4.69, 9.17) is 18.0 Å². The number of nitrogens with two attached hydrogens (primary N) is 1.